The number of pyridine rings is 1. The number of carbonyl (C=O) groups is 2. The number of carbonyl (C=O) groups excluding carboxylic acids is 2. The number of aromatic nitrogens is 1. The molecular formula is C22H19NO4. The first-order valence-corrected chi connectivity index (χ1v) is 8.50. The Hall–Kier alpha value is -3.47. The van der Waals surface area contributed by atoms with Crippen LogP contribution in [-0.2, 0) is 9.59 Å². The second kappa shape index (κ2) is 8.27. The van der Waals surface area contributed by atoms with Crippen LogP contribution in [0.1, 0.15) is 36.6 Å². The summed E-state index contributed by atoms with van der Waals surface area (Å²) in [7, 11) is 0. The Morgan fingerprint density at radius 2 is 1.33 bits per heavy atom. The Morgan fingerprint density at radius 1 is 0.778 bits per heavy atom. The van der Waals surface area contributed by atoms with Crippen molar-refractivity contribution in [3.63, 3.8) is 0 Å². The molecule has 0 aliphatic rings. The predicted octanol–water partition coefficient (Wildman–Crippen LogP) is 4.11. The van der Waals surface area contributed by atoms with E-state index >= 15 is 0 Å². The molecule has 0 saturated carbocycles. The molecule has 0 aliphatic carbocycles. The van der Waals surface area contributed by atoms with Crippen molar-refractivity contribution in [1.29, 1.82) is 0 Å². The van der Waals surface area contributed by atoms with Crippen LogP contribution in [0, 0.1) is 0 Å². The van der Waals surface area contributed by atoms with Crippen LogP contribution < -0.4 is 9.47 Å². The first-order chi connectivity index (χ1) is 13.0. The summed E-state index contributed by atoms with van der Waals surface area (Å²) in [5.41, 5.74) is 2.65. The van der Waals surface area contributed by atoms with Crippen LogP contribution in [0.25, 0.3) is 0 Å². The molecule has 3 rings (SSSR count). The van der Waals surface area contributed by atoms with Crippen LogP contribution >= 0.6 is 0 Å². The van der Waals surface area contributed by atoms with Crippen molar-refractivity contribution >= 4 is 11.9 Å². The third-order valence-corrected chi connectivity index (χ3v) is 3.89. The fraction of sp³-hybridized carbons (Fsp3) is 0.136. The molecule has 0 bridgehead atoms. The zero-order valence-corrected chi connectivity index (χ0v) is 15.1. The Morgan fingerprint density at radius 3 is 1.78 bits per heavy atom. The van der Waals surface area contributed by atoms with Crippen LogP contribution in [0.15, 0.2) is 72.9 Å². The van der Waals surface area contributed by atoms with E-state index in [-0.39, 0.29) is 17.9 Å². The van der Waals surface area contributed by atoms with Crippen molar-refractivity contribution in [2.45, 2.75) is 19.8 Å². The maximum Gasteiger partial charge on any atom is 0.308 e. The van der Waals surface area contributed by atoms with Crippen molar-refractivity contribution in [3.8, 4) is 11.5 Å². The van der Waals surface area contributed by atoms with Gasteiger partial charge in [0.25, 0.3) is 0 Å². The van der Waals surface area contributed by atoms with E-state index in [1.807, 2.05) is 54.6 Å². The number of rotatable bonds is 5. The number of hydrogen-bond acceptors (Lipinski definition) is 5. The van der Waals surface area contributed by atoms with Crippen LogP contribution in [-0.4, -0.2) is 16.9 Å². The smallest absolute Gasteiger partial charge is 0.308 e. The second-order valence-corrected chi connectivity index (χ2v) is 6.02. The largest absolute Gasteiger partial charge is 0.427 e. The summed E-state index contributed by atoms with van der Waals surface area (Å²) in [6, 6.07) is 20.4. The summed E-state index contributed by atoms with van der Waals surface area (Å²) in [6.07, 6.45) is 1.73. The van der Waals surface area contributed by atoms with Crippen LogP contribution in [0.2, 0.25) is 0 Å². The molecule has 1 heterocycles. The van der Waals surface area contributed by atoms with Crippen LogP contribution in [0.4, 0.5) is 0 Å². The minimum absolute atomic E-state index is 0.211. The molecule has 0 radical (unpaired) electrons. The van der Waals surface area contributed by atoms with Gasteiger partial charge < -0.3 is 9.47 Å². The first-order valence-electron chi connectivity index (χ1n) is 8.50. The molecule has 0 fully saturated rings. The highest BCUT2D eigenvalue weighted by Gasteiger charge is 2.19. The van der Waals surface area contributed by atoms with Crippen LogP contribution in [0.3, 0.4) is 0 Å². The highest BCUT2D eigenvalue weighted by Crippen LogP contribution is 2.34. The van der Waals surface area contributed by atoms with Crippen molar-refractivity contribution in [2.24, 2.45) is 0 Å². The maximum absolute atomic E-state index is 11.3. The van der Waals surface area contributed by atoms with E-state index in [1.165, 1.54) is 13.8 Å². The first kappa shape index (κ1) is 18.3. The molecule has 0 atom stereocenters. The van der Waals surface area contributed by atoms with E-state index in [0.717, 1.165) is 16.8 Å². The average Bonchev–Trinajstić information content (AvgIpc) is 2.62. The zero-order chi connectivity index (χ0) is 19.2. The molecule has 0 unspecified atom stereocenters. The van der Waals surface area contributed by atoms with Gasteiger partial charge in [-0.15, -0.1) is 0 Å². The van der Waals surface area contributed by atoms with Gasteiger partial charge in [-0.1, -0.05) is 30.3 Å². The highest BCUT2D eigenvalue weighted by atomic mass is 16.5. The van der Waals surface area contributed by atoms with Crippen LogP contribution in [0.5, 0.6) is 11.5 Å². The van der Waals surface area contributed by atoms with E-state index in [4.69, 9.17) is 9.47 Å². The summed E-state index contributed by atoms with van der Waals surface area (Å²) >= 11 is 0. The molecule has 136 valence electrons. The summed E-state index contributed by atoms with van der Waals surface area (Å²) < 4.78 is 10.4. The zero-order valence-electron chi connectivity index (χ0n) is 15.1. The molecule has 0 spiro atoms. The van der Waals surface area contributed by atoms with Gasteiger partial charge in [-0.05, 0) is 47.5 Å². The van der Waals surface area contributed by atoms with Crippen molar-refractivity contribution in [2.75, 3.05) is 0 Å². The van der Waals surface area contributed by atoms with Crippen molar-refractivity contribution in [3.05, 3.63) is 89.7 Å². The standard InChI is InChI=1S/C22H19NO4/c1-15(24)26-19-9-5-7-17(13-19)22(21-11-3-4-12-23-21)18-8-6-10-20(14-18)27-16(2)25/h3-14,22H,1-2H3. The fourth-order valence-corrected chi connectivity index (χ4v) is 2.93. The molecule has 5 nitrogen and oxygen atoms in total. The molecule has 0 saturated heterocycles. The van der Waals surface area contributed by atoms with Gasteiger partial charge in [-0.3, -0.25) is 14.6 Å². The Kier molecular flexibility index (Phi) is 5.61. The minimum Gasteiger partial charge on any atom is -0.427 e. The molecule has 2 aromatic carbocycles. The van der Waals surface area contributed by atoms with Gasteiger partial charge in [0.2, 0.25) is 0 Å². The molecule has 3 aromatic rings. The third kappa shape index (κ3) is 4.79. The summed E-state index contributed by atoms with van der Waals surface area (Å²) in [5.74, 6) is -0.0249. The van der Waals surface area contributed by atoms with Crippen molar-refractivity contribution < 1.29 is 19.1 Å². The fourth-order valence-electron chi connectivity index (χ4n) is 2.93. The highest BCUT2D eigenvalue weighted by molar-refractivity contribution is 5.70. The Balaban J connectivity index is 2.08. The van der Waals surface area contributed by atoms with Gasteiger partial charge in [-0.2, -0.15) is 0 Å². The lowest BCUT2D eigenvalue weighted by Gasteiger charge is -2.19. The van der Waals surface area contributed by atoms with Gasteiger partial charge in [0.15, 0.2) is 0 Å². The monoisotopic (exact) mass is 361 g/mol. The number of nitrogens with zero attached hydrogens (tertiary/aromatic N) is 1. The molecule has 27 heavy (non-hydrogen) atoms. The molecule has 1 aromatic heterocycles. The topological polar surface area (TPSA) is 65.5 Å². The summed E-state index contributed by atoms with van der Waals surface area (Å²) in [5, 5.41) is 0. The maximum atomic E-state index is 11.3. The normalized spacial score (nSPS) is 10.5. The predicted molar refractivity (Wildman–Crippen MR) is 101 cm³/mol. The minimum atomic E-state index is -0.376. The molecule has 5 heteroatoms. The van der Waals surface area contributed by atoms with E-state index in [1.54, 1.807) is 18.3 Å². The van der Waals surface area contributed by atoms with Gasteiger partial charge in [0, 0.05) is 20.0 Å². The second-order valence-electron chi connectivity index (χ2n) is 6.02. The molecule has 0 N–H and O–H groups in total. The quantitative estimate of drug-likeness (QED) is 0.505. The SMILES string of the molecule is CC(=O)Oc1cccc(C(c2cccc(OC(C)=O)c2)c2ccccn2)c1. The number of benzene rings is 2. The van der Waals surface area contributed by atoms with E-state index in [2.05, 4.69) is 4.98 Å². The molecule has 0 aliphatic heterocycles. The van der Waals surface area contributed by atoms with Gasteiger partial charge in [-0.25, -0.2) is 0 Å². The summed E-state index contributed by atoms with van der Waals surface area (Å²) in [6.45, 7) is 2.73. The third-order valence-electron chi connectivity index (χ3n) is 3.89. The Labute approximate surface area is 157 Å². The molecule has 0 amide bonds. The van der Waals surface area contributed by atoms with Gasteiger partial charge in [0.05, 0.1) is 11.6 Å². The van der Waals surface area contributed by atoms with Crippen molar-refractivity contribution in [1.82, 2.24) is 4.98 Å². The average molecular weight is 361 g/mol. The lowest BCUT2D eigenvalue weighted by Crippen LogP contribution is -2.08. The lowest BCUT2D eigenvalue weighted by atomic mass is 9.88. The van der Waals surface area contributed by atoms with Gasteiger partial charge in [0.1, 0.15) is 11.5 Å². The Bertz CT molecular complexity index is 894. The van der Waals surface area contributed by atoms with E-state index < -0.39 is 0 Å². The lowest BCUT2D eigenvalue weighted by molar-refractivity contribution is -0.132. The van der Waals surface area contributed by atoms with Gasteiger partial charge >= 0.3 is 11.9 Å². The molecular weight excluding hydrogens is 342 g/mol. The number of ether oxygens (including phenoxy) is 2. The van der Waals surface area contributed by atoms with E-state index in [0.29, 0.717) is 11.5 Å². The van der Waals surface area contributed by atoms with E-state index in [9.17, 15) is 9.59 Å². The number of hydrogen-bond donors (Lipinski definition) is 0. The summed E-state index contributed by atoms with van der Waals surface area (Å²) in [4.78, 5) is 27.1. The number of esters is 2.